The SMILES string of the molecule is C=CCN1CCC2(c3cccc(OC(C)=O)c3)C[C@@H](N(C)C(=O)c3ccccc3)CCC2(O)C1. The number of benzene rings is 2. The maximum atomic E-state index is 13.2. The number of amides is 1. The molecule has 0 radical (unpaired) electrons. The third-order valence-electron chi connectivity index (χ3n) is 7.63. The number of esters is 1. The summed E-state index contributed by atoms with van der Waals surface area (Å²) >= 11 is 0. The standard InChI is InChI=1S/C28H34N2O4/c1-4-16-30-17-15-27(23-11-8-12-25(18-23)34-21(2)31)19-24(13-14-28(27,33)20-30)29(3)26(32)22-9-6-5-7-10-22/h4-12,18,24,33H,1,13-17,19-20H2,2-3H3/t24-,27?,28?/m0/s1. The van der Waals surface area contributed by atoms with Crippen LogP contribution in [0.1, 0.15) is 48.5 Å². The lowest BCUT2D eigenvalue weighted by Crippen LogP contribution is -2.67. The molecular formula is C28H34N2O4. The lowest BCUT2D eigenvalue weighted by atomic mass is 9.55. The molecule has 0 spiro atoms. The van der Waals surface area contributed by atoms with Gasteiger partial charge in [-0.1, -0.05) is 36.4 Å². The highest BCUT2D eigenvalue weighted by atomic mass is 16.5. The van der Waals surface area contributed by atoms with Crippen molar-refractivity contribution in [2.24, 2.45) is 0 Å². The first kappa shape index (κ1) is 24.2. The number of piperidine rings is 1. The number of hydrogen-bond donors (Lipinski definition) is 1. The van der Waals surface area contributed by atoms with Crippen molar-refractivity contribution in [3.8, 4) is 5.75 Å². The molecule has 1 aliphatic heterocycles. The Morgan fingerprint density at radius 3 is 2.68 bits per heavy atom. The molecule has 6 nitrogen and oxygen atoms in total. The number of rotatable bonds is 6. The number of fused-ring (bicyclic) bond motifs is 1. The van der Waals surface area contributed by atoms with E-state index < -0.39 is 11.0 Å². The van der Waals surface area contributed by atoms with E-state index in [1.165, 1.54) is 6.92 Å². The molecule has 180 valence electrons. The summed E-state index contributed by atoms with van der Waals surface area (Å²) in [5, 5.41) is 12.1. The van der Waals surface area contributed by atoms with Gasteiger partial charge < -0.3 is 14.7 Å². The smallest absolute Gasteiger partial charge is 0.308 e. The van der Waals surface area contributed by atoms with Gasteiger partial charge in [0.2, 0.25) is 0 Å². The second-order valence-electron chi connectivity index (χ2n) is 9.69. The Kier molecular flexibility index (Phi) is 6.91. The minimum Gasteiger partial charge on any atom is -0.427 e. The van der Waals surface area contributed by atoms with Crippen LogP contribution in [-0.4, -0.2) is 65.1 Å². The first-order chi connectivity index (χ1) is 16.3. The quantitative estimate of drug-likeness (QED) is 0.402. The van der Waals surface area contributed by atoms with Crippen LogP contribution in [0.3, 0.4) is 0 Å². The molecule has 1 heterocycles. The average Bonchev–Trinajstić information content (AvgIpc) is 2.83. The van der Waals surface area contributed by atoms with Crippen LogP contribution in [0.5, 0.6) is 5.75 Å². The Morgan fingerprint density at radius 2 is 1.97 bits per heavy atom. The van der Waals surface area contributed by atoms with E-state index in [1.807, 2.05) is 66.6 Å². The van der Waals surface area contributed by atoms with E-state index in [2.05, 4.69) is 11.5 Å². The first-order valence-electron chi connectivity index (χ1n) is 11.9. The molecule has 2 unspecified atom stereocenters. The fourth-order valence-electron chi connectivity index (χ4n) is 5.88. The van der Waals surface area contributed by atoms with Crippen LogP contribution in [0.4, 0.5) is 0 Å². The number of carbonyl (C=O) groups excluding carboxylic acids is 2. The van der Waals surface area contributed by atoms with Crippen LogP contribution in [0.2, 0.25) is 0 Å². The van der Waals surface area contributed by atoms with E-state index in [9.17, 15) is 14.7 Å². The van der Waals surface area contributed by atoms with Crippen LogP contribution < -0.4 is 4.74 Å². The summed E-state index contributed by atoms with van der Waals surface area (Å²) in [5.41, 5.74) is 0.0976. The van der Waals surface area contributed by atoms with Crippen molar-refractivity contribution in [3.05, 3.63) is 78.4 Å². The fourth-order valence-corrected chi connectivity index (χ4v) is 5.88. The van der Waals surface area contributed by atoms with Crippen LogP contribution in [0.15, 0.2) is 67.3 Å². The molecule has 1 saturated carbocycles. The van der Waals surface area contributed by atoms with Gasteiger partial charge in [0.05, 0.1) is 5.60 Å². The number of ether oxygens (including phenoxy) is 1. The molecule has 3 atom stereocenters. The van der Waals surface area contributed by atoms with Gasteiger partial charge in [0, 0.05) is 44.1 Å². The van der Waals surface area contributed by atoms with Crippen molar-refractivity contribution in [1.82, 2.24) is 9.80 Å². The topological polar surface area (TPSA) is 70.1 Å². The van der Waals surface area contributed by atoms with E-state index in [4.69, 9.17) is 4.74 Å². The normalized spacial score (nSPS) is 26.9. The minimum atomic E-state index is -0.962. The molecule has 1 amide bonds. The minimum absolute atomic E-state index is 0.0102. The lowest BCUT2D eigenvalue weighted by molar-refractivity contribution is -0.132. The highest BCUT2D eigenvalue weighted by Gasteiger charge is 2.58. The fraction of sp³-hybridized carbons (Fsp3) is 0.429. The summed E-state index contributed by atoms with van der Waals surface area (Å²) in [6, 6.07) is 16.8. The number of likely N-dealkylation sites (tertiary alicyclic amines) is 1. The predicted molar refractivity (Wildman–Crippen MR) is 132 cm³/mol. The van der Waals surface area contributed by atoms with Gasteiger partial charge in [-0.05, 0) is 62.1 Å². The second kappa shape index (κ2) is 9.72. The number of nitrogens with zero attached hydrogens (tertiary/aromatic N) is 2. The molecular weight excluding hydrogens is 428 g/mol. The van der Waals surface area contributed by atoms with E-state index >= 15 is 0 Å². The van der Waals surface area contributed by atoms with Gasteiger partial charge in [0.15, 0.2) is 0 Å². The average molecular weight is 463 g/mol. The van der Waals surface area contributed by atoms with Gasteiger partial charge in [-0.25, -0.2) is 0 Å². The van der Waals surface area contributed by atoms with Gasteiger partial charge in [0.1, 0.15) is 5.75 Å². The van der Waals surface area contributed by atoms with Crippen LogP contribution >= 0.6 is 0 Å². The molecule has 2 aromatic rings. The van der Waals surface area contributed by atoms with Gasteiger partial charge >= 0.3 is 5.97 Å². The monoisotopic (exact) mass is 462 g/mol. The zero-order chi connectivity index (χ0) is 24.3. The summed E-state index contributed by atoms with van der Waals surface area (Å²) in [7, 11) is 1.86. The maximum absolute atomic E-state index is 13.2. The van der Waals surface area contributed by atoms with E-state index in [-0.39, 0.29) is 17.9 Å². The van der Waals surface area contributed by atoms with E-state index in [0.717, 1.165) is 31.5 Å². The molecule has 6 heteroatoms. The third kappa shape index (κ3) is 4.52. The second-order valence-corrected chi connectivity index (χ2v) is 9.69. The molecule has 1 saturated heterocycles. The highest BCUT2D eigenvalue weighted by molar-refractivity contribution is 5.94. The zero-order valence-electron chi connectivity index (χ0n) is 20.1. The molecule has 4 rings (SSSR count). The van der Waals surface area contributed by atoms with Gasteiger partial charge in [-0.15, -0.1) is 6.58 Å². The Morgan fingerprint density at radius 1 is 1.21 bits per heavy atom. The number of β-amino-alcohol motifs (C(OH)–C–C–N with tert-alkyl or cyclic N) is 1. The van der Waals surface area contributed by atoms with Crippen molar-refractivity contribution in [1.29, 1.82) is 0 Å². The predicted octanol–water partition coefficient (Wildman–Crippen LogP) is 3.80. The summed E-state index contributed by atoms with van der Waals surface area (Å²) < 4.78 is 5.38. The lowest BCUT2D eigenvalue weighted by Gasteiger charge is -2.59. The van der Waals surface area contributed by atoms with Gasteiger partial charge in [-0.3, -0.25) is 14.5 Å². The molecule has 2 fully saturated rings. The molecule has 0 bridgehead atoms. The molecule has 34 heavy (non-hydrogen) atoms. The van der Waals surface area contributed by atoms with Crippen molar-refractivity contribution in [3.63, 3.8) is 0 Å². The van der Waals surface area contributed by atoms with Crippen molar-refractivity contribution in [2.45, 2.75) is 49.7 Å². The Bertz CT molecular complexity index is 1060. The molecule has 1 aliphatic carbocycles. The maximum Gasteiger partial charge on any atom is 0.308 e. The summed E-state index contributed by atoms with van der Waals surface area (Å²) in [5.74, 6) is 0.0930. The van der Waals surface area contributed by atoms with Crippen LogP contribution in [0, 0.1) is 0 Å². The number of carbonyl (C=O) groups is 2. The third-order valence-corrected chi connectivity index (χ3v) is 7.63. The summed E-state index contributed by atoms with van der Waals surface area (Å²) in [6.45, 7) is 7.33. The van der Waals surface area contributed by atoms with E-state index in [1.54, 1.807) is 6.07 Å². The molecule has 0 aromatic heterocycles. The van der Waals surface area contributed by atoms with Gasteiger partial charge in [-0.2, -0.15) is 0 Å². The first-order valence-corrected chi connectivity index (χ1v) is 11.9. The highest BCUT2D eigenvalue weighted by Crippen LogP contribution is 2.53. The van der Waals surface area contributed by atoms with Crippen molar-refractivity contribution < 1.29 is 19.4 Å². The largest absolute Gasteiger partial charge is 0.427 e. The Hall–Kier alpha value is -2.96. The number of hydrogen-bond acceptors (Lipinski definition) is 5. The van der Waals surface area contributed by atoms with Crippen LogP contribution in [0.25, 0.3) is 0 Å². The Labute approximate surface area is 201 Å². The molecule has 2 aliphatic rings. The zero-order valence-corrected chi connectivity index (χ0v) is 20.1. The van der Waals surface area contributed by atoms with Crippen molar-refractivity contribution >= 4 is 11.9 Å². The van der Waals surface area contributed by atoms with Crippen LogP contribution in [-0.2, 0) is 10.2 Å². The summed E-state index contributed by atoms with van der Waals surface area (Å²) in [6.07, 6.45) is 4.55. The molecule has 1 N–H and O–H groups in total. The summed E-state index contributed by atoms with van der Waals surface area (Å²) in [4.78, 5) is 28.9. The Balaban J connectivity index is 1.70. The van der Waals surface area contributed by atoms with E-state index in [0.29, 0.717) is 30.7 Å². The van der Waals surface area contributed by atoms with Crippen molar-refractivity contribution in [2.75, 3.05) is 26.7 Å². The molecule has 2 aromatic carbocycles. The number of aliphatic hydroxyl groups is 1. The van der Waals surface area contributed by atoms with Gasteiger partial charge in [0.25, 0.3) is 5.91 Å².